The summed E-state index contributed by atoms with van der Waals surface area (Å²) in [5.41, 5.74) is 0.116. The van der Waals surface area contributed by atoms with Crippen LogP contribution in [0.4, 0.5) is 0 Å². The van der Waals surface area contributed by atoms with Crippen molar-refractivity contribution in [3.8, 4) is 0 Å². The van der Waals surface area contributed by atoms with Gasteiger partial charge < -0.3 is 19.5 Å². The monoisotopic (exact) mass is 980 g/mol. The summed E-state index contributed by atoms with van der Waals surface area (Å²) in [6, 6.07) is 11.2. The smallest absolute Gasteiger partial charge is 0.335 e. The summed E-state index contributed by atoms with van der Waals surface area (Å²) in [4.78, 5) is 22.2. The minimum Gasteiger partial charge on any atom is -0.545 e. The molecule has 6 nitrogen and oxygen atoms in total. The molecule has 0 saturated heterocycles. The summed E-state index contributed by atoms with van der Waals surface area (Å²) in [6.07, 6.45) is 58.7. The van der Waals surface area contributed by atoms with E-state index in [2.05, 4.69) is 27.7 Å². The van der Waals surface area contributed by atoms with Gasteiger partial charge in [-0.3, -0.25) is 0 Å². The highest BCUT2D eigenvalue weighted by atomic mass is 32.2. The minimum atomic E-state index is -1.50. The third-order valence-corrected chi connectivity index (χ3v) is 16.0. The van der Waals surface area contributed by atoms with Gasteiger partial charge >= 0.3 is 5.97 Å². The first kappa shape index (κ1) is 64.5. The normalized spacial score (nSPS) is 11.9. The fourth-order valence-corrected chi connectivity index (χ4v) is 11.0. The molecule has 7 heteroatoms. The van der Waals surface area contributed by atoms with Gasteiger partial charge in [0.1, 0.15) is 0 Å². The van der Waals surface area contributed by atoms with Crippen molar-refractivity contribution in [2.24, 2.45) is 0 Å². The Morgan fingerprint density at radius 1 is 0.362 bits per heavy atom. The van der Waals surface area contributed by atoms with E-state index in [0.717, 1.165) is 0 Å². The van der Waals surface area contributed by atoms with Gasteiger partial charge in [-0.1, -0.05) is 245 Å². The van der Waals surface area contributed by atoms with Gasteiger partial charge in [0.25, 0.3) is 0 Å². The Kier molecular flexibility index (Phi) is 43.5. The molecule has 1 atom stereocenters. The van der Waals surface area contributed by atoms with Crippen LogP contribution in [-0.2, 0) is 10.8 Å². The van der Waals surface area contributed by atoms with Crippen molar-refractivity contribution < 1.29 is 28.5 Å². The van der Waals surface area contributed by atoms with E-state index < -0.39 is 22.7 Å². The second-order valence-corrected chi connectivity index (χ2v) is 22.4. The first-order chi connectivity index (χ1) is 33.7. The Balaban J connectivity index is 0.000000976. The van der Waals surface area contributed by atoms with E-state index in [1.54, 1.807) is 0 Å². The van der Waals surface area contributed by atoms with Crippen LogP contribution in [0.1, 0.15) is 305 Å². The molecule has 0 aliphatic carbocycles. The summed E-state index contributed by atoms with van der Waals surface area (Å²) in [5, 5.41) is 19.4. The van der Waals surface area contributed by atoms with Gasteiger partial charge in [0, 0.05) is 9.79 Å². The maximum atomic E-state index is 12.2. The summed E-state index contributed by atoms with van der Waals surface area (Å²) < 4.78 is 13.7. The van der Waals surface area contributed by atoms with E-state index in [1.807, 2.05) is 0 Å². The van der Waals surface area contributed by atoms with Crippen LogP contribution in [0.2, 0.25) is 0 Å². The van der Waals surface area contributed by atoms with E-state index in [1.165, 1.54) is 336 Å². The number of hydrogen-bond donors (Lipinski definition) is 1. The lowest BCUT2D eigenvalue weighted by molar-refractivity contribution is -0.929. The van der Waals surface area contributed by atoms with Crippen LogP contribution >= 0.6 is 0 Å². The third kappa shape index (κ3) is 36.1. The number of hydrogen-bond acceptors (Lipinski definition) is 4. The molecule has 1 unspecified atom stereocenters. The molecule has 0 amide bonds. The molecule has 0 aliphatic rings. The third-order valence-electron chi connectivity index (χ3n) is 14.6. The predicted molar refractivity (Wildman–Crippen MR) is 296 cm³/mol. The molecule has 0 aromatic heterocycles. The minimum absolute atomic E-state index is 0.00646. The molecule has 2 aromatic rings. The zero-order valence-corrected chi connectivity index (χ0v) is 46.5. The van der Waals surface area contributed by atoms with Gasteiger partial charge in [-0.2, -0.15) is 0 Å². The lowest BCUT2D eigenvalue weighted by Gasteiger charge is -2.40. The van der Waals surface area contributed by atoms with E-state index in [-0.39, 0.29) is 11.1 Å². The molecule has 0 bridgehead atoms. The van der Waals surface area contributed by atoms with Gasteiger partial charge in [0.05, 0.1) is 48.5 Å². The van der Waals surface area contributed by atoms with Crippen LogP contribution in [-0.4, -0.2) is 51.9 Å². The summed E-state index contributed by atoms with van der Waals surface area (Å²) in [7, 11) is -1.50. The van der Waals surface area contributed by atoms with Crippen LogP contribution in [0.5, 0.6) is 0 Å². The molecule has 0 saturated carbocycles. The van der Waals surface area contributed by atoms with Crippen molar-refractivity contribution in [2.75, 3.05) is 26.2 Å². The van der Waals surface area contributed by atoms with Gasteiger partial charge in [-0.25, -0.2) is 9.00 Å². The van der Waals surface area contributed by atoms with E-state index >= 15 is 0 Å². The number of benzene rings is 2. The second-order valence-electron chi connectivity index (χ2n) is 20.9. The van der Waals surface area contributed by atoms with Crippen molar-refractivity contribution >= 4 is 22.7 Å². The first-order valence-corrected chi connectivity index (χ1v) is 30.8. The quantitative estimate of drug-likeness (QED) is 0.0527. The van der Waals surface area contributed by atoms with Crippen LogP contribution in [0.3, 0.4) is 0 Å². The number of carbonyl (C=O) groups is 2. The second kappa shape index (κ2) is 46.6. The van der Waals surface area contributed by atoms with Crippen LogP contribution < -0.4 is 5.11 Å². The highest BCUT2D eigenvalue weighted by Gasteiger charge is 2.26. The Bertz CT molecular complexity index is 1320. The van der Waals surface area contributed by atoms with Crippen LogP contribution in [0.25, 0.3) is 0 Å². The van der Waals surface area contributed by atoms with Crippen molar-refractivity contribution in [3.05, 3.63) is 59.7 Å². The molecule has 398 valence electrons. The van der Waals surface area contributed by atoms with Crippen LogP contribution in [0, 0.1) is 0 Å². The van der Waals surface area contributed by atoms with E-state index in [9.17, 15) is 18.9 Å². The zero-order valence-electron chi connectivity index (χ0n) is 45.7. The average Bonchev–Trinajstić information content (AvgIpc) is 3.36. The molecule has 0 aliphatic heterocycles. The average molecular weight is 981 g/mol. The fraction of sp³-hybridized carbons (Fsp3) is 0.774. The number of nitrogens with zero attached hydrogens (tertiary/aromatic N) is 1. The van der Waals surface area contributed by atoms with Gasteiger partial charge in [-0.15, -0.1) is 0 Å². The molecule has 2 rings (SSSR count). The van der Waals surface area contributed by atoms with Crippen molar-refractivity contribution in [1.82, 2.24) is 0 Å². The first-order valence-electron chi connectivity index (χ1n) is 29.6. The van der Waals surface area contributed by atoms with Gasteiger partial charge in [0.2, 0.25) is 0 Å². The number of quaternary nitrogens is 1. The SMILES string of the molecule is CCCCCCCCCCCC[N+](CCCCCCCCCCCC)(CCCCCCCCCCCC)CCCCCCCCCCCC.O=C([O-])c1ccc(S(=O)c2ccc(C(=O)O)cc2)cc1. The maximum Gasteiger partial charge on any atom is 0.335 e. The van der Waals surface area contributed by atoms with Crippen LogP contribution in [0.15, 0.2) is 58.3 Å². The molecular weight excluding hydrogens is 871 g/mol. The summed E-state index contributed by atoms with van der Waals surface area (Å²) in [5.74, 6) is -2.35. The highest BCUT2D eigenvalue weighted by molar-refractivity contribution is 7.85. The number of carboxylic acids is 2. The molecule has 0 radical (unpaired) electrons. The lowest BCUT2D eigenvalue weighted by atomic mass is 10.0. The summed E-state index contributed by atoms with van der Waals surface area (Å²) in [6.45, 7) is 15.3. The van der Waals surface area contributed by atoms with Gasteiger partial charge in [-0.05, 0) is 93.3 Å². The largest absolute Gasteiger partial charge is 0.545 e. The number of unbranched alkanes of at least 4 members (excludes halogenated alkanes) is 36. The highest BCUT2D eigenvalue weighted by Crippen LogP contribution is 2.23. The fourth-order valence-electron chi connectivity index (χ4n) is 9.98. The molecule has 0 fully saturated rings. The van der Waals surface area contributed by atoms with Crippen molar-refractivity contribution in [1.29, 1.82) is 0 Å². The number of carboxylic acid groups (broad SMARTS) is 2. The van der Waals surface area contributed by atoms with Crippen molar-refractivity contribution in [2.45, 2.75) is 294 Å². The van der Waals surface area contributed by atoms with Gasteiger partial charge in [0.15, 0.2) is 0 Å². The summed E-state index contributed by atoms with van der Waals surface area (Å²) >= 11 is 0. The predicted octanol–water partition coefficient (Wildman–Crippen LogP) is 18.4. The lowest BCUT2D eigenvalue weighted by Crippen LogP contribution is -2.50. The number of carbonyl (C=O) groups excluding carboxylic acids is 1. The Hall–Kier alpha value is -2.51. The number of aromatic carboxylic acids is 2. The zero-order chi connectivity index (χ0) is 50.3. The standard InChI is InChI=1S/C48H100N.C14H10O5S/c1-5-9-13-17-21-25-29-33-37-41-45-49(46-42-38-34-30-26-22-18-14-10-6-2,47-43-39-35-31-27-23-19-15-11-7-3)48-44-40-36-32-28-24-20-16-12-8-4;15-13(16)9-1-5-11(6-2-9)20(19)12-7-3-10(4-8-12)14(17)18/h5-48H2,1-4H3;1-8H,(H,15,16)(H,17,18)/q+1;/p-1. The maximum absolute atomic E-state index is 12.2. The molecular formula is C62H109NO5S. The Labute approximate surface area is 429 Å². The Morgan fingerprint density at radius 3 is 0.768 bits per heavy atom. The molecule has 0 spiro atoms. The number of rotatable bonds is 48. The van der Waals surface area contributed by atoms with E-state index in [0.29, 0.717) is 9.79 Å². The molecule has 2 aromatic carbocycles. The molecule has 1 N–H and O–H groups in total. The molecule has 0 heterocycles. The van der Waals surface area contributed by atoms with E-state index in [4.69, 9.17) is 5.11 Å². The van der Waals surface area contributed by atoms with Crippen molar-refractivity contribution in [3.63, 3.8) is 0 Å². The topological polar surface area (TPSA) is 94.5 Å². The Morgan fingerprint density at radius 2 is 0.565 bits per heavy atom. The molecule has 69 heavy (non-hydrogen) atoms.